The lowest BCUT2D eigenvalue weighted by Gasteiger charge is -2.33. The molecule has 0 aromatic rings. The summed E-state index contributed by atoms with van der Waals surface area (Å²) in [6.07, 6.45) is 14.8. The van der Waals surface area contributed by atoms with E-state index in [0.29, 0.717) is 5.92 Å². The molecule has 0 heterocycles. The van der Waals surface area contributed by atoms with Gasteiger partial charge in [-0.1, -0.05) is 99.5 Å². The number of hydrogen-bond donors (Lipinski definition) is 0. The second kappa shape index (κ2) is 14.0. The van der Waals surface area contributed by atoms with E-state index >= 15 is 0 Å². The van der Waals surface area contributed by atoms with Crippen molar-refractivity contribution >= 4 is 0 Å². The van der Waals surface area contributed by atoms with Crippen LogP contribution in [-0.4, -0.2) is 0 Å². The minimum atomic E-state index is 0.676. The summed E-state index contributed by atoms with van der Waals surface area (Å²) < 4.78 is 0. The van der Waals surface area contributed by atoms with Crippen LogP contribution in [0.5, 0.6) is 0 Å². The van der Waals surface area contributed by atoms with Crippen LogP contribution in [0.2, 0.25) is 0 Å². The van der Waals surface area contributed by atoms with Crippen LogP contribution in [0, 0.1) is 35.5 Å². The zero-order chi connectivity index (χ0) is 18.5. The fraction of sp³-hybridized carbons (Fsp3) is 0.917. The van der Waals surface area contributed by atoms with Crippen LogP contribution in [0.3, 0.4) is 0 Å². The van der Waals surface area contributed by atoms with E-state index in [-0.39, 0.29) is 0 Å². The molecule has 0 aliphatic heterocycles. The van der Waals surface area contributed by atoms with Crippen LogP contribution < -0.4 is 0 Å². The Hall–Kier alpha value is -0.260. The van der Waals surface area contributed by atoms with Gasteiger partial charge in [0.15, 0.2) is 0 Å². The van der Waals surface area contributed by atoms with E-state index in [2.05, 4.69) is 61.1 Å². The summed E-state index contributed by atoms with van der Waals surface area (Å²) in [5, 5.41) is 0. The van der Waals surface area contributed by atoms with Gasteiger partial charge in [0.25, 0.3) is 0 Å². The summed E-state index contributed by atoms with van der Waals surface area (Å²) in [5.41, 5.74) is 0. The Morgan fingerprint density at radius 2 is 1.38 bits per heavy atom. The molecule has 0 aromatic carbocycles. The summed E-state index contributed by atoms with van der Waals surface area (Å²) in [4.78, 5) is 0. The Morgan fingerprint density at radius 3 is 1.92 bits per heavy atom. The van der Waals surface area contributed by atoms with Gasteiger partial charge in [-0.15, -0.1) is 6.58 Å². The molecule has 0 N–H and O–H groups in total. The first-order valence-electron chi connectivity index (χ1n) is 11.0. The van der Waals surface area contributed by atoms with Crippen LogP contribution >= 0.6 is 0 Å². The standard InChI is InChI=1S/C24H48/c1-9-11-12-13-14-15-20(5)18-22(7)23(8)24(10-2)21(6)17-16-19(3)4/h10,19-24H,2,9,11-18H2,1,3-8H3. The van der Waals surface area contributed by atoms with E-state index < -0.39 is 0 Å². The number of unbranched alkanes of at least 4 members (excludes halogenated alkanes) is 4. The second-order valence-corrected chi connectivity index (χ2v) is 9.14. The molecule has 24 heavy (non-hydrogen) atoms. The van der Waals surface area contributed by atoms with Gasteiger partial charge < -0.3 is 0 Å². The Bertz CT molecular complexity index is 290. The molecule has 0 radical (unpaired) electrons. The highest BCUT2D eigenvalue weighted by molar-refractivity contribution is 4.88. The Kier molecular flexibility index (Phi) is 13.8. The highest BCUT2D eigenvalue weighted by Crippen LogP contribution is 2.34. The molecule has 0 rings (SSSR count). The van der Waals surface area contributed by atoms with Crippen molar-refractivity contribution in [2.75, 3.05) is 0 Å². The van der Waals surface area contributed by atoms with E-state index in [1.807, 2.05) is 0 Å². The van der Waals surface area contributed by atoms with Crippen LogP contribution in [-0.2, 0) is 0 Å². The third kappa shape index (κ3) is 10.6. The van der Waals surface area contributed by atoms with Crippen LogP contribution in [0.4, 0.5) is 0 Å². The smallest absolute Gasteiger partial charge is 0.0182 e. The molecule has 0 nitrogen and oxygen atoms in total. The monoisotopic (exact) mass is 336 g/mol. The molecule has 5 unspecified atom stereocenters. The van der Waals surface area contributed by atoms with Gasteiger partial charge in [0.05, 0.1) is 0 Å². The molecule has 0 saturated heterocycles. The van der Waals surface area contributed by atoms with Crippen molar-refractivity contribution in [1.82, 2.24) is 0 Å². The molecule has 0 fully saturated rings. The van der Waals surface area contributed by atoms with Crippen LogP contribution in [0.25, 0.3) is 0 Å². The highest BCUT2D eigenvalue weighted by atomic mass is 14.3. The summed E-state index contributed by atoms with van der Waals surface area (Å²) in [5.74, 6) is 4.70. The van der Waals surface area contributed by atoms with Gasteiger partial charge in [0.1, 0.15) is 0 Å². The average Bonchev–Trinajstić information content (AvgIpc) is 2.53. The largest absolute Gasteiger partial charge is 0.103 e. The lowest BCUT2D eigenvalue weighted by Crippen LogP contribution is -2.24. The van der Waals surface area contributed by atoms with E-state index in [4.69, 9.17) is 0 Å². The Balaban J connectivity index is 4.24. The van der Waals surface area contributed by atoms with Crippen LogP contribution in [0.1, 0.15) is 106 Å². The fourth-order valence-electron chi connectivity index (χ4n) is 4.20. The first-order chi connectivity index (χ1) is 11.3. The fourth-order valence-corrected chi connectivity index (χ4v) is 4.20. The van der Waals surface area contributed by atoms with Crippen molar-refractivity contribution in [2.45, 2.75) is 106 Å². The quantitative estimate of drug-likeness (QED) is 0.207. The van der Waals surface area contributed by atoms with Gasteiger partial charge >= 0.3 is 0 Å². The van der Waals surface area contributed by atoms with Crippen molar-refractivity contribution < 1.29 is 0 Å². The maximum Gasteiger partial charge on any atom is -0.0182 e. The highest BCUT2D eigenvalue weighted by Gasteiger charge is 2.26. The summed E-state index contributed by atoms with van der Waals surface area (Å²) in [7, 11) is 0. The topological polar surface area (TPSA) is 0 Å². The zero-order valence-electron chi connectivity index (χ0n) is 18.1. The van der Waals surface area contributed by atoms with E-state index in [1.165, 1.54) is 57.8 Å². The van der Waals surface area contributed by atoms with Gasteiger partial charge in [-0.2, -0.15) is 0 Å². The Labute approximate surface area is 154 Å². The molecule has 0 amide bonds. The SMILES string of the molecule is C=CC(C(C)CCC(C)C)C(C)C(C)CC(C)CCCCCCC. The van der Waals surface area contributed by atoms with Crippen molar-refractivity contribution in [3.63, 3.8) is 0 Å². The third-order valence-corrected chi connectivity index (χ3v) is 6.21. The summed E-state index contributed by atoms with van der Waals surface area (Å²) >= 11 is 0. The number of rotatable bonds is 15. The molecular weight excluding hydrogens is 288 g/mol. The first kappa shape index (κ1) is 23.7. The minimum absolute atomic E-state index is 0.676. The van der Waals surface area contributed by atoms with Crippen molar-refractivity contribution in [3.8, 4) is 0 Å². The Morgan fingerprint density at radius 1 is 0.750 bits per heavy atom. The van der Waals surface area contributed by atoms with Gasteiger partial charge in [0.2, 0.25) is 0 Å². The van der Waals surface area contributed by atoms with Gasteiger partial charge in [-0.25, -0.2) is 0 Å². The third-order valence-electron chi connectivity index (χ3n) is 6.21. The molecule has 0 spiro atoms. The lowest BCUT2D eigenvalue weighted by molar-refractivity contribution is 0.198. The zero-order valence-corrected chi connectivity index (χ0v) is 18.1. The van der Waals surface area contributed by atoms with Crippen molar-refractivity contribution in [3.05, 3.63) is 12.7 Å². The molecular formula is C24H48. The minimum Gasteiger partial charge on any atom is -0.103 e. The van der Waals surface area contributed by atoms with Crippen LogP contribution in [0.15, 0.2) is 12.7 Å². The van der Waals surface area contributed by atoms with E-state index in [9.17, 15) is 0 Å². The predicted molar refractivity (Wildman–Crippen MR) is 112 cm³/mol. The van der Waals surface area contributed by atoms with Crippen molar-refractivity contribution in [1.29, 1.82) is 0 Å². The summed E-state index contributed by atoms with van der Waals surface area (Å²) in [6.45, 7) is 21.0. The van der Waals surface area contributed by atoms with E-state index in [0.717, 1.165) is 29.6 Å². The molecule has 0 heteroatoms. The molecule has 0 aromatic heterocycles. The first-order valence-corrected chi connectivity index (χ1v) is 11.0. The summed E-state index contributed by atoms with van der Waals surface area (Å²) in [6, 6.07) is 0. The molecule has 144 valence electrons. The van der Waals surface area contributed by atoms with Gasteiger partial charge in [-0.05, 0) is 48.3 Å². The molecule has 0 aliphatic rings. The maximum absolute atomic E-state index is 4.17. The lowest BCUT2D eigenvalue weighted by atomic mass is 9.73. The maximum atomic E-state index is 4.17. The molecule has 5 atom stereocenters. The predicted octanol–water partition coefficient (Wildman–Crippen LogP) is 8.52. The number of hydrogen-bond acceptors (Lipinski definition) is 0. The number of allylic oxidation sites excluding steroid dienone is 1. The van der Waals surface area contributed by atoms with Gasteiger partial charge in [-0.3, -0.25) is 0 Å². The average molecular weight is 337 g/mol. The van der Waals surface area contributed by atoms with E-state index in [1.54, 1.807) is 0 Å². The molecule has 0 aliphatic carbocycles. The molecule has 0 bridgehead atoms. The normalized spacial score (nSPS) is 18.2. The second-order valence-electron chi connectivity index (χ2n) is 9.14. The van der Waals surface area contributed by atoms with Crippen molar-refractivity contribution in [2.24, 2.45) is 35.5 Å². The molecule has 0 saturated carbocycles. The van der Waals surface area contributed by atoms with Gasteiger partial charge in [0, 0.05) is 0 Å².